The van der Waals surface area contributed by atoms with Crippen LogP contribution in [0.2, 0.25) is 0 Å². The minimum Gasteiger partial charge on any atom is -0.494 e. The number of hydrogen-bond donors (Lipinski definition) is 1. The molecule has 3 rings (SSSR count). The van der Waals surface area contributed by atoms with E-state index in [4.69, 9.17) is 4.74 Å². The van der Waals surface area contributed by atoms with Crippen LogP contribution in [-0.4, -0.2) is 41.3 Å². The Labute approximate surface area is 167 Å². The van der Waals surface area contributed by atoms with Gasteiger partial charge in [0.15, 0.2) is 17.3 Å². The van der Waals surface area contributed by atoms with Crippen molar-refractivity contribution in [3.05, 3.63) is 69.9 Å². The highest BCUT2D eigenvalue weighted by Crippen LogP contribution is 2.19. The molecule has 1 heterocycles. The minimum absolute atomic E-state index is 0.164. The quantitative estimate of drug-likeness (QED) is 0.661. The Bertz CT molecular complexity index is 1100. The van der Waals surface area contributed by atoms with Crippen LogP contribution in [-0.2, 0) is 13.2 Å². The standard InChI is InChI=1S/C21H23FN4O3/c1-4-25(12-14-9-10-18(29-3)17(22)11-14)13-26-21(28)16-8-6-5-7-15(16)19(24-26)20(27)23-2/h5-11H,4,12-13H2,1-3H3,(H,23,27). The second kappa shape index (κ2) is 8.83. The molecule has 1 N–H and O–H groups in total. The van der Waals surface area contributed by atoms with Gasteiger partial charge in [0, 0.05) is 19.0 Å². The topological polar surface area (TPSA) is 76.5 Å². The van der Waals surface area contributed by atoms with Crippen LogP contribution in [0.5, 0.6) is 5.75 Å². The lowest BCUT2D eigenvalue weighted by molar-refractivity contribution is 0.0955. The van der Waals surface area contributed by atoms with Gasteiger partial charge >= 0.3 is 0 Å². The van der Waals surface area contributed by atoms with E-state index in [9.17, 15) is 14.0 Å². The molecule has 0 bridgehead atoms. The van der Waals surface area contributed by atoms with Crippen LogP contribution in [0.1, 0.15) is 23.0 Å². The summed E-state index contributed by atoms with van der Waals surface area (Å²) in [6, 6.07) is 11.7. The Morgan fingerprint density at radius 2 is 1.97 bits per heavy atom. The lowest BCUT2D eigenvalue weighted by atomic mass is 10.1. The summed E-state index contributed by atoms with van der Waals surface area (Å²) in [5, 5.41) is 7.79. The molecule has 29 heavy (non-hydrogen) atoms. The number of nitrogens with one attached hydrogen (secondary N) is 1. The molecule has 8 heteroatoms. The molecule has 0 fully saturated rings. The number of carbonyl (C=O) groups excluding carboxylic acids is 1. The van der Waals surface area contributed by atoms with Gasteiger partial charge < -0.3 is 10.1 Å². The van der Waals surface area contributed by atoms with Gasteiger partial charge in [-0.1, -0.05) is 31.2 Å². The van der Waals surface area contributed by atoms with Crippen LogP contribution >= 0.6 is 0 Å². The molecule has 0 aliphatic heterocycles. The van der Waals surface area contributed by atoms with E-state index < -0.39 is 5.82 Å². The van der Waals surface area contributed by atoms with E-state index in [1.54, 1.807) is 36.4 Å². The SMILES string of the molecule is CCN(Cc1ccc(OC)c(F)c1)Cn1nc(C(=O)NC)c2ccccc2c1=O. The largest absolute Gasteiger partial charge is 0.494 e. The van der Waals surface area contributed by atoms with Gasteiger partial charge in [-0.3, -0.25) is 14.5 Å². The fourth-order valence-electron chi connectivity index (χ4n) is 3.13. The zero-order valence-electron chi connectivity index (χ0n) is 16.6. The van der Waals surface area contributed by atoms with Crippen LogP contribution < -0.4 is 15.6 Å². The number of benzene rings is 2. The second-order valence-corrected chi connectivity index (χ2v) is 6.53. The molecule has 0 radical (unpaired) electrons. The van der Waals surface area contributed by atoms with Crippen molar-refractivity contribution < 1.29 is 13.9 Å². The highest BCUT2D eigenvalue weighted by atomic mass is 19.1. The van der Waals surface area contributed by atoms with Crippen molar-refractivity contribution in [3.8, 4) is 5.75 Å². The molecule has 0 atom stereocenters. The van der Waals surface area contributed by atoms with Crippen LogP contribution in [0.4, 0.5) is 4.39 Å². The molecule has 0 spiro atoms. The normalized spacial score (nSPS) is 11.1. The first-order valence-electron chi connectivity index (χ1n) is 9.25. The number of fused-ring (bicyclic) bond motifs is 1. The smallest absolute Gasteiger partial charge is 0.275 e. The van der Waals surface area contributed by atoms with E-state index >= 15 is 0 Å². The highest BCUT2D eigenvalue weighted by molar-refractivity contribution is 6.04. The molecule has 0 aliphatic rings. The predicted molar refractivity (Wildman–Crippen MR) is 108 cm³/mol. The highest BCUT2D eigenvalue weighted by Gasteiger charge is 2.17. The van der Waals surface area contributed by atoms with E-state index in [2.05, 4.69) is 10.4 Å². The summed E-state index contributed by atoms with van der Waals surface area (Å²) in [4.78, 5) is 27.1. The number of halogens is 1. The lowest BCUT2D eigenvalue weighted by Gasteiger charge is -2.22. The number of aromatic nitrogens is 2. The van der Waals surface area contributed by atoms with Gasteiger partial charge in [-0.05, 0) is 30.3 Å². The summed E-state index contributed by atoms with van der Waals surface area (Å²) in [6.45, 7) is 3.11. The molecule has 2 aromatic carbocycles. The molecule has 1 aromatic heterocycles. The van der Waals surface area contributed by atoms with Crippen molar-refractivity contribution in [1.82, 2.24) is 20.0 Å². The Morgan fingerprint density at radius 1 is 1.24 bits per heavy atom. The van der Waals surface area contributed by atoms with Crippen molar-refractivity contribution in [2.75, 3.05) is 20.7 Å². The van der Waals surface area contributed by atoms with Gasteiger partial charge in [0.2, 0.25) is 0 Å². The minimum atomic E-state index is -0.441. The Balaban J connectivity index is 1.95. The fraction of sp³-hybridized carbons (Fsp3) is 0.286. The van der Waals surface area contributed by atoms with Gasteiger partial charge in [0.1, 0.15) is 0 Å². The lowest BCUT2D eigenvalue weighted by Crippen LogP contribution is -2.35. The van der Waals surface area contributed by atoms with Crippen LogP contribution in [0, 0.1) is 5.82 Å². The van der Waals surface area contributed by atoms with Crippen molar-refractivity contribution in [2.24, 2.45) is 0 Å². The molecule has 3 aromatic rings. The van der Waals surface area contributed by atoms with Gasteiger partial charge in [0.05, 0.1) is 19.2 Å². The first-order chi connectivity index (χ1) is 14.0. The zero-order valence-corrected chi connectivity index (χ0v) is 16.6. The van der Waals surface area contributed by atoms with E-state index in [1.807, 2.05) is 11.8 Å². The number of amides is 1. The van der Waals surface area contributed by atoms with E-state index in [1.165, 1.54) is 24.9 Å². The third-order valence-electron chi connectivity index (χ3n) is 4.71. The van der Waals surface area contributed by atoms with Gasteiger partial charge in [-0.15, -0.1) is 0 Å². The van der Waals surface area contributed by atoms with Crippen LogP contribution in [0.3, 0.4) is 0 Å². The number of carbonyl (C=O) groups is 1. The molecule has 0 saturated heterocycles. The molecule has 152 valence electrons. The first kappa shape index (κ1) is 20.5. The Kier molecular flexibility index (Phi) is 6.23. The first-order valence-corrected chi connectivity index (χ1v) is 9.25. The average molecular weight is 398 g/mol. The summed E-state index contributed by atoms with van der Waals surface area (Å²) >= 11 is 0. The number of ether oxygens (including phenoxy) is 1. The number of nitrogens with zero attached hydrogens (tertiary/aromatic N) is 3. The maximum Gasteiger partial charge on any atom is 0.275 e. The van der Waals surface area contributed by atoms with Crippen LogP contribution in [0.25, 0.3) is 10.8 Å². The molecule has 1 amide bonds. The fourth-order valence-corrected chi connectivity index (χ4v) is 3.13. The van der Waals surface area contributed by atoms with Gasteiger partial charge in [-0.2, -0.15) is 5.10 Å². The second-order valence-electron chi connectivity index (χ2n) is 6.53. The zero-order chi connectivity index (χ0) is 21.0. The van der Waals surface area contributed by atoms with Crippen molar-refractivity contribution in [3.63, 3.8) is 0 Å². The van der Waals surface area contributed by atoms with Crippen molar-refractivity contribution in [1.29, 1.82) is 0 Å². The molecule has 0 saturated carbocycles. The summed E-state index contributed by atoms with van der Waals surface area (Å²) in [7, 11) is 2.93. The molecule has 7 nitrogen and oxygen atoms in total. The summed E-state index contributed by atoms with van der Waals surface area (Å²) < 4.78 is 20.2. The van der Waals surface area contributed by atoms with Crippen molar-refractivity contribution >= 4 is 16.7 Å². The molecular formula is C21H23FN4O3. The third kappa shape index (κ3) is 4.27. The van der Waals surface area contributed by atoms with Crippen LogP contribution in [0.15, 0.2) is 47.3 Å². The summed E-state index contributed by atoms with van der Waals surface area (Å²) in [5.74, 6) is -0.626. The van der Waals surface area contributed by atoms with E-state index in [-0.39, 0.29) is 29.6 Å². The van der Waals surface area contributed by atoms with E-state index in [0.717, 1.165) is 5.56 Å². The maximum atomic E-state index is 14.0. The van der Waals surface area contributed by atoms with E-state index in [0.29, 0.717) is 23.9 Å². The average Bonchev–Trinajstić information content (AvgIpc) is 2.74. The number of rotatable bonds is 7. The van der Waals surface area contributed by atoms with Crippen molar-refractivity contribution in [2.45, 2.75) is 20.1 Å². The Morgan fingerprint density at radius 3 is 2.59 bits per heavy atom. The monoisotopic (exact) mass is 398 g/mol. The van der Waals surface area contributed by atoms with Gasteiger partial charge in [-0.25, -0.2) is 9.07 Å². The third-order valence-corrected chi connectivity index (χ3v) is 4.71. The van der Waals surface area contributed by atoms with Gasteiger partial charge in [0.25, 0.3) is 11.5 Å². The predicted octanol–water partition coefficient (Wildman–Crippen LogP) is 2.38. The summed E-state index contributed by atoms with van der Waals surface area (Å²) in [6.07, 6.45) is 0. The maximum absolute atomic E-state index is 14.0. The number of hydrogen-bond acceptors (Lipinski definition) is 5. The molecule has 0 unspecified atom stereocenters. The summed E-state index contributed by atoms with van der Waals surface area (Å²) in [5.41, 5.74) is 0.646. The number of methoxy groups -OCH3 is 1. The molecule has 0 aliphatic carbocycles. The Hall–Kier alpha value is -3.26. The molecular weight excluding hydrogens is 375 g/mol.